The van der Waals surface area contributed by atoms with E-state index in [2.05, 4.69) is 72.7 Å². The van der Waals surface area contributed by atoms with Crippen molar-refractivity contribution < 1.29 is 5.11 Å². The molecule has 4 heteroatoms. The van der Waals surface area contributed by atoms with E-state index in [1.807, 2.05) is 0 Å². The number of imidazole rings is 1. The van der Waals surface area contributed by atoms with Gasteiger partial charge in [0.15, 0.2) is 0 Å². The molecule has 1 aromatic carbocycles. The third-order valence-electron chi connectivity index (χ3n) is 5.73. The molecule has 4 nitrogen and oxygen atoms in total. The number of piperidine rings is 1. The Morgan fingerprint density at radius 2 is 1.69 bits per heavy atom. The SMILES string of the molecule is Cc1ccc(C2(O)CCN(Cc3c(C)nc4cc(C)ccn34)CC2)cc1. The molecule has 136 valence electrons. The highest BCUT2D eigenvalue weighted by Gasteiger charge is 2.34. The molecule has 1 fully saturated rings. The van der Waals surface area contributed by atoms with E-state index in [0.29, 0.717) is 0 Å². The fourth-order valence-corrected chi connectivity index (χ4v) is 3.95. The first-order valence-corrected chi connectivity index (χ1v) is 9.41. The fourth-order valence-electron chi connectivity index (χ4n) is 3.95. The number of fused-ring (bicyclic) bond motifs is 1. The molecule has 0 saturated carbocycles. The van der Waals surface area contributed by atoms with Gasteiger partial charge in [0.25, 0.3) is 0 Å². The van der Waals surface area contributed by atoms with Gasteiger partial charge in [0.1, 0.15) is 5.65 Å². The summed E-state index contributed by atoms with van der Waals surface area (Å²) < 4.78 is 2.20. The smallest absolute Gasteiger partial charge is 0.137 e. The predicted octanol–water partition coefficient (Wildman–Crippen LogP) is 3.74. The zero-order valence-electron chi connectivity index (χ0n) is 15.9. The van der Waals surface area contributed by atoms with Gasteiger partial charge in [-0.15, -0.1) is 0 Å². The Hall–Kier alpha value is -2.17. The second-order valence-electron chi connectivity index (χ2n) is 7.75. The van der Waals surface area contributed by atoms with Gasteiger partial charge >= 0.3 is 0 Å². The van der Waals surface area contributed by atoms with Crippen LogP contribution < -0.4 is 0 Å². The van der Waals surface area contributed by atoms with Crippen LogP contribution in [0.1, 0.15) is 40.9 Å². The van der Waals surface area contributed by atoms with Gasteiger partial charge in [0.05, 0.1) is 17.0 Å². The first kappa shape index (κ1) is 17.3. The number of benzene rings is 1. The Kier molecular flexibility index (Phi) is 4.33. The van der Waals surface area contributed by atoms with Crippen LogP contribution in [0.2, 0.25) is 0 Å². The second kappa shape index (κ2) is 6.53. The van der Waals surface area contributed by atoms with Crippen molar-refractivity contribution in [3.05, 3.63) is 70.7 Å². The summed E-state index contributed by atoms with van der Waals surface area (Å²) in [6.45, 7) is 8.92. The second-order valence-corrected chi connectivity index (χ2v) is 7.75. The highest BCUT2D eigenvalue weighted by Crippen LogP contribution is 2.33. The summed E-state index contributed by atoms with van der Waals surface area (Å²) in [5.74, 6) is 0. The maximum atomic E-state index is 11.1. The zero-order chi connectivity index (χ0) is 18.3. The number of hydrogen-bond acceptors (Lipinski definition) is 3. The average molecular weight is 349 g/mol. The first-order chi connectivity index (χ1) is 12.4. The highest BCUT2D eigenvalue weighted by molar-refractivity contribution is 5.45. The summed E-state index contributed by atoms with van der Waals surface area (Å²) >= 11 is 0. The van der Waals surface area contributed by atoms with Gasteiger partial charge in [-0.05, 0) is 56.9 Å². The van der Waals surface area contributed by atoms with E-state index in [9.17, 15) is 5.11 Å². The van der Waals surface area contributed by atoms with Gasteiger partial charge in [0.2, 0.25) is 0 Å². The van der Waals surface area contributed by atoms with E-state index in [-0.39, 0.29) is 0 Å². The summed E-state index contributed by atoms with van der Waals surface area (Å²) in [4.78, 5) is 7.14. The minimum Gasteiger partial charge on any atom is -0.385 e. The van der Waals surface area contributed by atoms with Gasteiger partial charge in [-0.3, -0.25) is 4.90 Å². The number of nitrogens with zero attached hydrogens (tertiary/aromatic N) is 3. The molecule has 0 bridgehead atoms. The van der Waals surface area contributed by atoms with E-state index in [0.717, 1.165) is 49.4 Å². The molecule has 1 aliphatic heterocycles. The van der Waals surface area contributed by atoms with E-state index in [1.165, 1.54) is 16.8 Å². The van der Waals surface area contributed by atoms with Crippen LogP contribution in [-0.4, -0.2) is 32.5 Å². The molecule has 26 heavy (non-hydrogen) atoms. The number of pyridine rings is 1. The molecule has 0 unspecified atom stereocenters. The molecule has 0 aliphatic carbocycles. The van der Waals surface area contributed by atoms with Crippen LogP contribution in [-0.2, 0) is 12.1 Å². The molecule has 0 spiro atoms. The highest BCUT2D eigenvalue weighted by atomic mass is 16.3. The normalized spacial score (nSPS) is 17.7. The first-order valence-electron chi connectivity index (χ1n) is 9.41. The van der Waals surface area contributed by atoms with Crippen LogP contribution in [0, 0.1) is 20.8 Å². The number of aliphatic hydroxyl groups is 1. The molecule has 3 aromatic rings. The fraction of sp³-hybridized carbons (Fsp3) is 0.409. The topological polar surface area (TPSA) is 40.8 Å². The number of rotatable bonds is 3. The molecule has 0 amide bonds. The van der Waals surface area contributed by atoms with Crippen molar-refractivity contribution in [2.24, 2.45) is 0 Å². The molecule has 1 saturated heterocycles. The van der Waals surface area contributed by atoms with Crippen LogP contribution in [0.3, 0.4) is 0 Å². The minimum absolute atomic E-state index is 0.699. The molecule has 4 rings (SSSR count). The van der Waals surface area contributed by atoms with Crippen LogP contribution in [0.15, 0.2) is 42.6 Å². The quantitative estimate of drug-likeness (QED) is 0.783. The van der Waals surface area contributed by atoms with Gasteiger partial charge < -0.3 is 9.51 Å². The maximum Gasteiger partial charge on any atom is 0.137 e. The van der Waals surface area contributed by atoms with E-state index in [4.69, 9.17) is 4.98 Å². The summed E-state index contributed by atoms with van der Waals surface area (Å²) in [7, 11) is 0. The van der Waals surface area contributed by atoms with Crippen molar-refractivity contribution in [1.82, 2.24) is 14.3 Å². The molecular weight excluding hydrogens is 322 g/mol. The lowest BCUT2D eigenvalue weighted by Crippen LogP contribution is -2.42. The number of aryl methyl sites for hydroxylation is 3. The van der Waals surface area contributed by atoms with E-state index in [1.54, 1.807) is 0 Å². The summed E-state index contributed by atoms with van der Waals surface area (Å²) in [6, 6.07) is 12.6. The van der Waals surface area contributed by atoms with E-state index >= 15 is 0 Å². The van der Waals surface area contributed by atoms with Crippen LogP contribution in [0.4, 0.5) is 0 Å². The molecule has 0 radical (unpaired) electrons. The Labute approximate surface area is 155 Å². The van der Waals surface area contributed by atoms with Crippen LogP contribution in [0.5, 0.6) is 0 Å². The lowest BCUT2D eigenvalue weighted by atomic mass is 9.84. The number of likely N-dealkylation sites (tertiary alicyclic amines) is 1. The van der Waals surface area contributed by atoms with Gasteiger partial charge in [-0.25, -0.2) is 4.98 Å². The molecule has 1 aliphatic rings. The maximum absolute atomic E-state index is 11.1. The molecule has 1 N–H and O–H groups in total. The van der Waals surface area contributed by atoms with Crippen molar-refractivity contribution >= 4 is 5.65 Å². The molecular formula is C22H27N3O. The summed E-state index contributed by atoms with van der Waals surface area (Å²) in [6.07, 6.45) is 3.66. The van der Waals surface area contributed by atoms with Crippen molar-refractivity contribution in [2.75, 3.05) is 13.1 Å². The summed E-state index contributed by atoms with van der Waals surface area (Å²) in [5, 5.41) is 11.1. The monoisotopic (exact) mass is 349 g/mol. The summed E-state index contributed by atoms with van der Waals surface area (Å²) in [5.41, 5.74) is 6.17. The lowest BCUT2D eigenvalue weighted by molar-refractivity contribution is -0.0280. The minimum atomic E-state index is -0.699. The predicted molar refractivity (Wildman–Crippen MR) is 104 cm³/mol. The molecule has 2 aromatic heterocycles. The number of aromatic nitrogens is 2. The third kappa shape index (κ3) is 3.15. The van der Waals surface area contributed by atoms with Crippen molar-refractivity contribution in [1.29, 1.82) is 0 Å². The van der Waals surface area contributed by atoms with Crippen LogP contribution >= 0.6 is 0 Å². The Balaban J connectivity index is 1.49. The van der Waals surface area contributed by atoms with Crippen molar-refractivity contribution in [3.8, 4) is 0 Å². The Bertz CT molecular complexity index is 918. The standard InChI is InChI=1S/C22H27N3O/c1-16-4-6-19(7-5-16)22(26)9-12-24(13-10-22)15-20-18(3)23-21-14-17(2)8-11-25(20)21/h4-8,11,14,26H,9-10,12-13,15H2,1-3H3. The third-order valence-corrected chi connectivity index (χ3v) is 5.73. The zero-order valence-corrected chi connectivity index (χ0v) is 15.9. The van der Waals surface area contributed by atoms with E-state index < -0.39 is 5.60 Å². The Morgan fingerprint density at radius 1 is 1.00 bits per heavy atom. The molecule has 0 atom stereocenters. The van der Waals surface area contributed by atoms with Gasteiger partial charge in [-0.1, -0.05) is 29.8 Å². The van der Waals surface area contributed by atoms with Gasteiger partial charge in [-0.2, -0.15) is 0 Å². The van der Waals surface area contributed by atoms with Gasteiger partial charge in [0, 0.05) is 25.8 Å². The Morgan fingerprint density at radius 3 is 2.38 bits per heavy atom. The molecule has 3 heterocycles. The largest absolute Gasteiger partial charge is 0.385 e. The number of hydrogen-bond donors (Lipinski definition) is 1. The average Bonchev–Trinajstić information content (AvgIpc) is 2.92. The van der Waals surface area contributed by atoms with Crippen LogP contribution in [0.25, 0.3) is 5.65 Å². The lowest BCUT2D eigenvalue weighted by Gasteiger charge is -2.38. The van der Waals surface area contributed by atoms with Crippen molar-refractivity contribution in [2.45, 2.75) is 45.8 Å². The van der Waals surface area contributed by atoms with Crippen molar-refractivity contribution in [3.63, 3.8) is 0 Å².